The molecule has 3 amide bonds. The predicted molar refractivity (Wildman–Crippen MR) is 69.3 cm³/mol. The van der Waals surface area contributed by atoms with Crippen molar-refractivity contribution in [1.82, 2.24) is 10.6 Å². The number of carbonyl (C=O) groups is 2. The Bertz CT molecular complexity index is 483. The maximum absolute atomic E-state index is 11.4. The SMILES string of the molecule is CC(C)NC(=O)NCc1ccc2c(c1)CC(=O)N2. The second-order valence-corrected chi connectivity index (χ2v) is 4.70. The Labute approximate surface area is 106 Å². The van der Waals surface area contributed by atoms with Gasteiger partial charge in [-0.25, -0.2) is 4.79 Å². The number of benzene rings is 1. The zero-order valence-electron chi connectivity index (χ0n) is 10.5. The van der Waals surface area contributed by atoms with Crippen molar-refractivity contribution < 1.29 is 9.59 Å². The van der Waals surface area contributed by atoms with E-state index in [0.717, 1.165) is 16.8 Å². The van der Waals surface area contributed by atoms with Gasteiger partial charge in [-0.3, -0.25) is 4.79 Å². The quantitative estimate of drug-likeness (QED) is 0.755. The van der Waals surface area contributed by atoms with Crippen molar-refractivity contribution in [3.05, 3.63) is 29.3 Å². The lowest BCUT2D eigenvalue weighted by Gasteiger charge is -2.10. The van der Waals surface area contributed by atoms with Gasteiger partial charge in [0.05, 0.1) is 6.42 Å². The zero-order chi connectivity index (χ0) is 13.1. The van der Waals surface area contributed by atoms with Gasteiger partial charge in [0.1, 0.15) is 0 Å². The summed E-state index contributed by atoms with van der Waals surface area (Å²) >= 11 is 0. The van der Waals surface area contributed by atoms with Crippen LogP contribution in [0.5, 0.6) is 0 Å². The van der Waals surface area contributed by atoms with Crippen molar-refractivity contribution in [1.29, 1.82) is 0 Å². The topological polar surface area (TPSA) is 70.2 Å². The molecule has 0 bridgehead atoms. The van der Waals surface area contributed by atoms with Crippen LogP contribution in [0.2, 0.25) is 0 Å². The first kappa shape index (κ1) is 12.4. The minimum absolute atomic E-state index is 0.0210. The highest BCUT2D eigenvalue weighted by Crippen LogP contribution is 2.23. The Morgan fingerprint density at radius 2 is 2.22 bits per heavy atom. The summed E-state index contributed by atoms with van der Waals surface area (Å²) in [6.45, 7) is 4.28. The van der Waals surface area contributed by atoms with Crippen LogP contribution in [-0.2, 0) is 17.8 Å². The molecule has 96 valence electrons. The van der Waals surface area contributed by atoms with Gasteiger partial charge in [0, 0.05) is 18.3 Å². The number of amides is 3. The van der Waals surface area contributed by atoms with E-state index in [1.807, 2.05) is 32.0 Å². The van der Waals surface area contributed by atoms with Crippen LogP contribution >= 0.6 is 0 Å². The van der Waals surface area contributed by atoms with Crippen molar-refractivity contribution >= 4 is 17.6 Å². The van der Waals surface area contributed by atoms with Crippen molar-refractivity contribution in [3.63, 3.8) is 0 Å². The third-order valence-electron chi connectivity index (χ3n) is 2.67. The van der Waals surface area contributed by atoms with Gasteiger partial charge in [-0.2, -0.15) is 0 Å². The molecule has 3 N–H and O–H groups in total. The Hall–Kier alpha value is -2.04. The van der Waals surface area contributed by atoms with Crippen LogP contribution < -0.4 is 16.0 Å². The van der Waals surface area contributed by atoms with Crippen LogP contribution in [-0.4, -0.2) is 18.0 Å². The number of hydrogen-bond donors (Lipinski definition) is 3. The highest BCUT2D eigenvalue weighted by molar-refractivity contribution is 5.99. The van der Waals surface area contributed by atoms with Gasteiger partial charge in [-0.05, 0) is 31.0 Å². The second-order valence-electron chi connectivity index (χ2n) is 4.70. The van der Waals surface area contributed by atoms with E-state index < -0.39 is 0 Å². The molecule has 1 heterocycles. The molecule has 0 saturated heterocycles. The number of hydrogen-bond acceptors (Lipinski definition) is 2. The first-order chi connectivity index (χ1) is 8.54. The van der Waals surface area contributed by atoms with Gasteiger partial charge in [-0.15, -0.1) is 0 Å². The Morgan fingerprint density at radius 3 is 2.94 bits per heavy atom. The summed E-state index contributed by atoms with van der Waals surface area (Å²) in [5.74, 6) is 0.0210. The highest BCUT2D eigenvalue weighted by Gasteiger charge is 2.17. The second kappa shape index (κ2) is 5.08. The lowest BCUT2D eigenvalue weighted by molar-refractivity contribution is -0.115. The summed E-state index contributed by atoms with van der Waals surface area (Å²) in [4.78, 5) is 22.6. The fourth-order valence-corrected chi connectivity index (χ4v) is 1.89. The summed E-state index contributed by atoms with van der Waals surface area (Å²) in [6.07, 6.45) is 0.418. The van der Waals surface area contributed by atoms with E-state index in [0.29, 0.717) is 13.0 Å². The van der Waals surface area contributed by atoms with Crippen LogP contribution in [0, 0.1) is 0 Å². The van der Waals surface area contributed by atoms with Crippen molar-refractivity contribution in [2.45, 2.75) is 32.9 Å². The van der Waals surface area contributed by atoms with E-state index in [4.69, 9.17) is 0 Å². The molecular formula is C13H17N3O2. The normalized spacial score (nSPS) is 13.2. The summed E-state index contributed by atoms with van der Waals surface area (Å²) in [5, 5.41) is 8.31. The average Bonchev–Trinajstić information content (AvgIpc) is 2.64. The molecule has 0 aromatic heterocycles. The number of urea groups is 1. The third-order valence-corrected chi connectivity index (χ3v) is 2.67. The van der Waals surface area contributed by atoms with Crippen LogP contribution in [0.3, 0.4) is 0 Å². The standard InChI is InChI=1S/C13H17N3O2/c1-8(2)15-13(18)14-7-9-3-4-11-10(5-9)6-12(17)16-11/h3-5,8H,6-7H2,1-2H3,(H,16,17)(H2,14,15,18). The number of anilines is 1. The molecule has 5 heteroatoms. The monoisotopic (exact) mass is 247 g/mol. The molecule has 18 heavy (non-hydrogen) atoms. The molecule has 0 saturated carbocycles. The number of fused-ring (bicyclic) bond motifs is 1. The average molecular weight is 247 g/mol. The minimum Gasteiger partial charge on any atom is -0.336 e. The molecule has 5 nitrogen and oxygen atoms in total. The summed E-state index contributed by atoms with van der Waals surface area (Å²) in [7, 11) is 0. The van der Waals surface area contributed by atoms with E-state index in [1.54, 1.807) is 0 Å². The van der Waals surface area contributed by atoms with Gasteiger partial charge in [0.15, 0.2) is 0 Å². The first-order valence-corrected chi connectivity index (χ1v) is 6.00. The highest BCUT2D eigenvalue weighted by atomic mass is 16.2. The molecule has 0 fully saturated rings. The lowest BCUT2D eigenvalue weighted by atomic mass is 10.1. The van der Waals surface area contributed by atoms with Crippen LogP contribution in [0.4, 0.5) is 10.5 Å². The first-order valence-electron chi connectivity index (χ1n) is 6.00. The Kier molecular flexibility index (Phi) is 3.50. The van der Waals surface area contributed by atoms with Crippen molar-refractivity contribution in [3.8, 4) is 0 Å². The van der Waals surface area contributed by atoms with Crippen LogP contribution in [0.25, 0.3) is 0 Å². The fraction of sp³-hybridized carbons (Fsp3) is 0.385. The maximum atomic E-state index is 11.4. The van der Waals surface area contributed by atoms with E-state index in [1.165, 1.54) is 0 Å². The summed E-state index contributed by atoms with van der Waals surface area (Å²) < 4.78 is 0. The molecule has 1 aromatic carbocycles. The molecule has 0 unspecified atom stereocenters. The molecule has 2 rings (SSSR count). The molecule has 0 atom stereocenters. The van der Waals surface area contributed by atoms with E-state index >= 15 is 0 Å². The van der Waals surface area contributed by atoms with Gasteiger partial charge >= 0.3 is 6.03 Å². The van der Waals surface area contributed by atoms with E-state index in [2.05, 4.69) is 16.0 Å². The number of rotatable bonds is 3. The van der Waals surface area contributed by atoms with Gasteiger partial charge in [0.25, 0.3) is 0 Å². The number of nitrogens with one attached hydrogen (secondary N) is 3. The zero-order valence-corrected chi connectivity index (χ0v) is 10.5. The largest absolute Gasteiger partial charge is 0.336 e. The molecule has 0 spiro atoms. The van der Waals surface area contributed by atoms with Gasteiger partial charge in [0.2, 0.25) is 5.91 Å². The van der Waals surface area contributed by atoms with E-state index in [9.17, 15) is 9.59 Å². The maximum Gasteiger partial charge on any atom is 0.315 e. The summed E-state index contributed by atoms with van der Waals surface area (Å²) in [5.41, 5.74) is 2.85. The molecular weight excluding hydrogens is 230 g/mol. The molecule has 1 aromatic rings. The summed E-state index contributed by atoms with van der Waals surface area (Å²) in [6, 6.07) is 5.66. The molecule has 0 radical (unpaired) electrons. The van der Waals surface area contributed by atoms with Crippen LogP contribution in [0.1, 0.15) is 25.0 Å². The van der Waals surface area contributed by atoms with Gasteiger partial charge < -0.3 is 16.0 Å². The molecule has 1 aliphatic rings. The molecule has 0 aliphatic carbocycles. The van der Waals surface area contributed by atoms with Crippen molar-refractivity contribution in [2.24, 2.45) is 0 Å². The fourth-order valence-electron chi connectivity index (χ4n) is 1.89. The lowest BCUT2D eigenvalue weighted by Crippen LogP contribution is -2.39. The Morgan fingerprint density at radius 1 is 1.44 bits per heavy atom. The number of carbonyl (C=O) groups excluding carboxylic acids is 2. The minimum atomic E-state index is -0.181. The van der Waals surface area contributed by atoms with Crippen molar-refractivity contribution in [2.75, 3.05) is 5.32 Å². The molecule has 1 aliphatic heterocycles. The predicted octanol–water partition coefficient (Wildman–Crippen LogP) is 1.39. The van der Waals surface area contributed by atoms with Crippen LogP contribution in [0.15, 0.2) is 18.2 Å². The smallest absolute Gasteiger partial charge is 0.315 e. The third kappa shape index (κ3) is 3.00. The van der Waals surface area contributed by atoms with E-state index in [-0.39, 0.29) is 18.0 Å². The Balaban J connectivity index is 1.93. The van der Waals surface area contributed by atoms with Gasteiger partial charge in [-0.1, -0.05) is 12.1 Å².